The summed E-state index contributed by atoms with van der Waals surface area (Å²) in [6.07, 6.45) is -0.582. The highest BCUT2D eigenvalue weighted by Crippen LogP contribution is 2.16. The van der Waals surface area contributed by atoms with Crippen molar-refractivity contribution in [2.24, 2.45) is 0 Å². The van der Waals surface area contributed by atoms with Gasteiger partial charge in [0.2, 0.25) is 0 Å². The van der Waals surface area contributed by atoms with Gasteiger partial charge in [-0.3, -0.25) is 0 Å². The van der Waals surface area contributed by atoms with Crippen LogP contribution >= 0.6 is 0 Å². The number of benzene rings is 2. The molecule has 0 unspecified atom stereocenters. The monoisotopic (exact) mass is 282 g/mol. The van der Waals surface area contributed by atoms with Crippen LogP contribution in [0.3, 0.4) is 0 Å². The van der Waals surface area contributed by atoms with Crippen molar-refractivity contribution in [2.45, 2.75) is 19.6 Å². The number of ether oxygens (including phenoxy) is 1. The molecule has 1 atom stereocenters. The van der Waals surface area contributed by atoms with Gasteiger partial charge in [-0.05, 0) is 31.2 Å². The number of imidazole rings is 1. The number of aryl methyl sites for hydroxylation is 1. The molecule has 1 aromatic heterocycles. The van der Waals surface area contributed by atoms with Crippen molar-refractivity contribution in [3.63, 3.8) is 0 Å². The number of nitrogens with zero attached hydrogens (tertiary/aromatic N) is 2. The maximum atomic E-state index is 10.2. The highest BCUT2D eigenvalue weighted by molar-refractivity contribution is 5.75. The largest absolute Gasteiger partial charge is 0.491 e. The Kier molecular flexibility index (Phi) is 3.88. The summed E-state index contributed by atoms with van der Waals surface area (Å²) in [6, 6.07) is 17.5. The van der Waals surface area contributed by atoms with E-state index in [1.807, 2.05) is 66.1 Å². The van der Waals surface area contributed by atoms with E-state index in [0.29, 0.717) is 6.54 Å². The van der Waals surface area contributed by atoms with Crippen molar-refractivity contribution in [3.8, 4) is 5.75 Å². The molecular formula is C17H18N2O2. The predicted molar refractivity (Wildman–Crippen MR) is 82.4 cm³/mol. The van der Waals surface area contributed by atoms with Gasteiger partial charge in [0.05, 0.1) is 17.6 Å². The van der Waals surface area contributed by atoms with Gasteiger partial charge in [0.15, 0.2) is 0 Å². The van der Waals surface area contributed by atoms with Crippen LogP contribution in [0.15, 0.2) is 54.6 Å². The van der Waals surface area contributed by atoms with Crippen LogP contribution in [0.5, 0.6) is 5.75 Å². The fourth-order valence-electron chi connectivity index (χ4n) is 2.40. The molecule has 1 heterocycles. The first-order valence-electron chi connectivity index (χ1n) is 7.02. The first kappa shape index (κ1) is 13.6. The van der Waals surface area contributed by atoms with Crippen LogP contribution in [0.25, 0.3) is 11.0 Å². The number of hydrogen-bond acceptors (Lipinski definition) is 3. The van der Waals surface area contributed by atoms with Gasteiger partial charge in [-0.2, -0.15) is 0 Å². The summed E-state index contributed by atoms with van der Waals surface area (Å²) in [6.45, 7) is 2.68. The topological polar surface area (TPSA) is 47.3 Å². The van der Waals surface area contributed by atoms with E-state index in [9.17, 15) is 5.11 Å². The van der Waals surface area contributed by atoms with Gasteiger partial charge in [0, 0.05) is 0 Å². The Morgan fingerprint density at radius 2 is 1.81 bits per heavy atom. The minimum atomic E-state index is -0.582. The summed E-state index contributed by atoms with van der Waals surface area (Å²) in [5, 5.41) is 10.2. The molecule has 4 heteroatoms. The zero-order chi connectivity index (χ0) is 14.7. The van der Waals surface area contributed by atoms with Gasteiger partial charge >= 0.3 is 0 Å². The molecule has 2 aromatic carbocycles. The van der Waals surface area contributed by atoms with Crippen LogP contribution < -0.4 is 4.74 Å². The zero-order valence-corrected chi connectivity index (χ0v) is 11.9. The van der Waals surface area contributed by atoms with Crippen LogP contribution in [0.4, 0.5) is 0 Å². The summed E-state index contributed by atoms with van der Waals surface area (Å²) in [7, 11) is 0. The van der Waals surface area contributed by atoms with E-state index < -0.39 is 6.10 Å². The van der Waals surface area contributed by atoms with Gasteiger partial charge in [-0.25, -0.2) is 4.98 Å². The van der Waals surface area contributed by atoms with E-state index in [1.54, 1.807) is 0 Å². The second kappa shape index (κ2) is 5.97. The number of rotatable bonds is 5. The van der Waals surface area contributed by atoms with Crippen LogP contribution in [0.1, 0.15) is 5.82 Å². The molecule has 0 aliphatic rings. The third kappa shape index (κ3) is 3.06. The van der Waals surface area contributed by atoms with Gasteiger partial charge < -0.3 is 14.4 Å². The number of aliphatic hydroxyl groups excluding tert-OH is 1. The van der Waals surface area contributed by atoms with Crippen molar-refractivity contribution in [3.05, 3.63) is 60.4 Å². The minimum absolute atomic E-state index is 0.260. The minimum Gasteiger partial charge on any atom is -0.491 e. The van der Waals surface area contributed by atoms with Gasteiger partial charge in [-0.1, -0.05) is 30.3 Å². The van der Waals surface area contributed by atoms with Crippen molar-refractivity contribution in [1.82, 2.24) is 9.55 Å². The van der Waals surface area contributed by atoms with E-state index in [1.165, 1.54) is 0 Å². The number of fused-ring (bicyclic) bond motifs is 1. The zero-order valence-electron chi connectivity index (χ0n) is 11.9. The smallest absolute Gasteiger partial charge is 0.119 e. The fraction of sp³-hybridized carbons (Fsp3) is 0.235. The predicted octanol–water partition coefficient (Wildman–Crippen LogP) is 2.78. The molecule has 0 saturated carbocycles. The Morgan fingerprint density at radius 3 is 2.62 bits per heavy atom. The summed E-state index contributed by atoms with van der Waals surface area (Å²) >= 11 is 0. The standard InChI is InChI=1S/C17H18N2O2/c1-13-18-16-9-5-6-10-17(16)19(13)11-14(20)12-21-15-7-3-2-4-8-15/h2-10,14,20H,11-12H2,1H3/t14-/m0/s1. The lowest BCUT2D eigenvalue weighted by Crippen LogP contribution is -2.24. The van der Waals surface area contributed by atoms with Gasteiger partial charge in [0.25, 0.3) is 0 Å². The van der Waals surface area contributed by atoms with Crippen LogP contribution in [0, 0.1) is 6.92 Å². The van der Waals surface area contributed by atoms with E-state index in [0.717, 1.165) is 22.6 Å². The number of para-hydroxylation sites is 3. The lowest BCUT2D eigenvalue weighted by molar-refractivity contribution is 0.0929. The molecule has 0 amide bonds. The second-order valence-corrected chi connectivity index (χ2v) is 5.04. The Balaban J connectivity index is 1.69. The summed E-state index contributed by atoms with van der Waals surface area (Å²) in [5.74, 6) is 1.67. The number of aliphatic hydroxyl groups is 1. The van der Waals surface area contributed by atoms with E-state index in [4.69, 9.17) is 4.74 Å². The van der Waals surface area contributed by atoms with Crippen molar-refractivity contribution >= 4 is 11.0 Å². The second-order valence-electron chi connectivity index (χ2n) is 5.04. The first-order valence-corrected chi connectivity index (χ1v) is 7.02. The van der Waals surface area contributed by atoms with Crippen LogP contribution in [0.2, 0.25) is 0 Å². The third-order valence-corrected chi connectivity index (χ3v) is 3.42. The molecule has 108 valence electrons. The normalized spacial score (nSPS) is 12.5. The highest BCUT2D eigenvalue weighted by atomic mass is 16.5. The molecule has 0 fully saturated rings. The Morgan fingerprint density at radius 1 is 1.10 bits per heavy atom. The molecule has 0 bridgehead atoms. The average Bonchev–Trinajstić information content (AvgIpc) is 2.82. The lowest BCUT2D eigenvalue weighted by Gasteiger charge is -2.14. The molecule has 0 aliphatic heterocycles. The Bertz CT molecular complexity index is 722. The van der Waals surface area contributed by atoms with E-state index in [2.05, 4.69) is 4.98 Å². The maximum absolute atomic E-state index is 10.2. The lowest BCUT2D eigenvalue weighted by atomic mass is 10.3. The van der Waals surface area contributed by atoms with Gasteiger partial charge in [-0.15, -0.1) is 0 Å². The molecule has 0 radical (unpaired) electrons. The SMILES string of the molecule is Cc1nc2ccccc2n1C[C@H](O)COc1ccccc1. The fourth-order valence-corrected chi connectivity index (χ4v) is 2.40. The van der Waals surface area contributed by atoms with E-state index in [-0.39, 0.29) is 6.61 Å². The summed E-state index contributed by atoms with van der Waals surface area (Å²) in [5.41, 5.74) is 1.99. The van der Waals surface area contributed by atoms with Crippen molar-refractivity contribution in [2.75, 3.05) is 6.61 Å². The molecular weight excluding hydrogens is 264 g/mol. The van der Waals surface area contributed by atoms with Gasteiger partial charge in [0.1, 0.15) is 24.3 Å². The number of aromatic nitrogens is 2. The molecule has 0 aliphatic carbocycles. The highest BCUT2D eigenvalue weighted by Gasteiger charge is 2.12. The molecule has 0 saturated heterocycles. The molecule has 0 spiro atoms. The van der Waals surface area contributed by atoms with Crippen molar-refractivity contribution < 1.29 is 9.84 Å². The van der Waals surface area contributed by atoms with Crippen LogP contribution in [-0.2, 0) is 6.54 Å². The Labute approximate surface area is 123 Å². The molecule has 3 aromatic rings. The molecule has 4 nitrogen and oxygen atoms in total. The Hall–Kier alpha value is -2.33. The molecule has 3 rings (SSSR count). The van der Waals surface area contributed by atoms with Crippen molar-refractivity contribution in [1.29, 1.82) is 0 Å². The van der Waals surface area contributed by atoms with E-state index >= 15 is 0 Å². The first-order chi connectivity index (χ1) is 10.2. The summed E-state index contributed by atoms with van der Waals surface area (Å²) < 4.78 is 7.61. The van der Waals surface area contributed by atoms with Crippen LogP contribution in [-0.4, -0.2) is 27.4 Å². The third-order valence-electron chi connectivity index (χ3n) is 3.42. The number of hydrogen-bond donors (Lipinski definition) is 1. The average molecular weight is 282 g/mol. The summed E-state index contributed by atoms with van der Waals surface area (Å²) in [4.78, 5) is 4.50. The maximum Gasteiger partial charge on any atom is 0.119 e. The molecule has 21 heavy (non-hydrogen) atoms. The molecule has 1 N–H and O–H groups in total. The quantitative estimate of drug-likeness (QED) is 0.782.